The Kier molecular flexibility index (Phi) is 5.54. The van der Waals surface area contributed by atoms with Gasteiger partial charge in [-0.05, 0) is 73.5 Å². The molecule has 3 aromatic rings. The monoisotopic (exact) mass is 479 g/mol. The number of halogens is 1. The van der Waals surface area contributed by atoms with Gasteiger partial charge in [-0.2, -0.15) is 0 Å². The summed E-state index contributed by atoms with van der Waals surface area (Å²) in [6.07, 6.45) is 5.73. The highest BCUT2D eigenvalue weighted by Crippen LogP contribution is 2.49. The molecule has 0 amide bonds. The molecule has 0 spiro atoms. The van der Waals surface area contributed by atoms with Gasteiger partial charge in [0.25, 0.3) is 0 Å². The van der Waals surface area contributed by atoms with Gasteiger partial charge in [0.1, 0.15) is 5.60 Å². The number of fused-ring (bicyclic) bond motifs is 2. The van der Waals surface area contributed by atoms with Gasteiger partial charge in [-0.3, -0.25) is 4.90 Å². The first-order valence-electron chi connectivity index (χ1n) is 12.5. The molecule has 3 atom stereocenters. The standard InChI is InChI=1S/C28H34ClN3O2/c1-31-17-19(18-32-12-10-27(33,11-13-32)21-6-8-22(29)9-7-21)15-28(34-2)23-4-3-5-24-26(23)20(16-30-24)14-25(28)31/h3-9,16,19,25,30,33H,10-15,17-18H2,1-2H3/t19-,25-,28+/m1/s1. The number of nitrogens with zero attached hydrogens (tertiary/aromatic N) is 2. The lowest BCUT2D eigenvalue weighted by atomic mass is 9.68. The van der Waals surface area contributed by atoms with Gasteiger partial charge >= 0.3 is 0 Å². The van der Waals surface area contributed by atoms with Crippen molar-refractivity contribution in [2.45, 2.75) is 42.9 Å². The summed E-state index contributed by atoms with van der Waals surface area (Å²) in [6.45, 7) is 3.92. The molecule has 6 rings (SSSR count). The Labute approximate surface area is 206 Å². The molecule has 180 valence electrons. The van der Waals surface area contributed by atoms with Gasteiger partial charge in [-0.25, -0.2) is 0 Å². The molecule has 34 heavy (non-hydrogen) atoms. The van der Waals surface area contributed by atoms with Crippen LogP contribution in [-0.4, -0.2) is 66.3 Å². The molecule has 1 aliphatic carbocycles. The van der Waals surface area contributed by atoms with Crippen LogP contribution in [0, 0.1) is 5.92 Å². The van der Waals surface area contributed by atoms with Crippen LogP contribution in [0.5, 0.6) is 0 Å². The van der Waals surface area contributed by atoms with Gasteiger partial charge in [0.05, 0.1) is 5.60 Å². The summed E-state index contributed by atoms with van der Waals surface area (Å²) in [5, 5.41) is 13.4. The summed E-state index contributed by atoms with van der Waals surface area (Å²) >= 11 is 6.05. The minimum atomic E-state index is -0.757. The normalized spacial score (nSPS) is 29.3. The number of likely N-dealkylation sites (N-methyl/N-ethyl adjacent to an activating group) is 1. The fourth-order valence-corrected chi connectivity index (χ4v) is 7.20. The summed E-state index contributed by atoms with van der Waals surface area (Å²) in [4.78, 5) is 8.54. The Balaban J connectivity index is 1.20. The van der Waals surface area contributed by atoms with Gasteiger partial charge in [0, 0.05) is 61.5 Å². The van der Waals surface area contributed by atoms with Crippen LogP contribution >= 0.6 is 11.6 Å². The number of methoxy groups -OCH3 is 1. The topological polar surface area (TPSA) is 51.7 Å². The van der Waals surface area contributed by atoms with Crippen molar-refractivity contribution in [2.75, 3.05) is 40.3 Å². The largest absolute Gasteiger partial charge is 0.385 e. The van der Waals surface area contributed by atoms with Crippen LogP contribution in [0.3, 0.4) is 0 Å². The predicted molar refractivity (Wildman–Crippen MR) is 136 cm³/mol. The van der Waals surface area contributed by atoms with Crippen LogP contribution in [-0.2, 0) is 22.4 Å². The van der Waals surface area contributed by atoms with Crippen molar-refractivity contribution < 1.29 is 9.84 Å². The van der Waals surface area contributed by atoms with Crippen molar-refractivity contribution in [2.24, 2.45) is 5.92 Å². The smallest absolute Gasteiger partial charge is 0.109 e. The fraction of sp³-hybridized carbons (Fsp3) is 0.500. The van der Waals surface area contributed by atoms with Crippen molar-refractivity contribution in [1.82, 2.24) is 14.8 Å². The maximum absolute atomic E-state index is 11.3. The van der Waals surface area contributed by atoms with Crippen LogP contribution in [0.2, 0.25) is 5.02 Å². The molecule has 2 N–H and O–H groups in total. The number of likely N-dealkylation sites (tertiary alicyclic amines) is 2. The maximum Gasteiger partial charge on any atom is 0.109 e. The highest BCUT2D eigenvalue weighted by Gasteiger charge is 2.51. The minimum Gasteiger partial charge on any atom is -0.385 e. The molecular weight excluding hydrogens is 446 g/mol. The predicted octanol–water partition coefficient (Wildman–Crippen LogP) is 4.52. The molecular formula is C28H34ClN3O2. The average Bonchev–Trinajstić information content (AvgIpc) is 3.26. The zero-order valence-corrected chi connectivity index (χ0v) is 20.8. The van der Waals surface area contributed by atoms with Crippen molar-refractivity contribution in [3.8, 4) is 0 Å². The summed E-state index contributed by atoms with van der Waals surface area (Å²) in [7, 11) is 4.16. The van der Waals surface area contributed by atoms with E-state index in [-0.39, 0.29) is 5.60 Å². The minimum absolute atomic E-state index is 0.286. The van der Waals surface area contributed by atoms with Crippen LogP contribution in [0.15, 0.2) is 48.7 Å². The third kappa shape index (κ3) is 3.52. The highest BCUT2D eigenvalue weighted by atomic mass is 35.5. The van der Waals surface area contributed by atoms with E-state index in [0.717, 1.165) is 57.4 Å². The lowest BCUT2D eigenvalue weighted by Crippen LogP contribution is -2.60. The average molecular weight is 480 g/mol. The van der Waals surface area contributed by atoms with Gasteiger partial charge in [-0.15, -0.1) is 0 Å². The third-order valence-electron chi connectivity index (χ3n) is 8.81. The lowest BCUT2D eigenvalue weighted by Gasteiger charge is -2.54. The Morgan fingerprint density at radius 1 is 1.15 bits per heavy atom. The van der Waals surface area contributed by atoms with E-state index >= 15 is 0 Å². The number of hydrogen-bond donors (Lipinski definition) is 2. The van der Waals surface area contributed by atoms with E-state index in [0.29, 0.717) is 17.0 Å². The molecule has 0 radical (unpaired) electrons. The molecule has 2 aromatic carbocycles. The van der Waals surface area contributed by atoms with Crippen molar-refractivity contribution in [3.05, 3.63) is 70.4 Å². The van der Waals surface area contributed by atoms with E-state index in [1.807, 2.05) is 31.4 Å². The van der Waals surface area contributed by atoms with Crippen LogP contribution < -0.4 is 0 Å². The van der Waals surface area contributed by atoms with E-state index in [1.54, 1.807) is 0 Å². The molecule has 0 unspecified atom stereocenters. The molecule has 3 aliphatic rings. The molecule has 5 nitrogen and oxygen atoms in total. The number of ether oxygens (including phenoxy) is 1. The van der Waals surface area contributed by atoms with Gasteiger partial charge < -0.3 is 19.7 Å². The second-order valence-electron chi connectivity index (χ2n) is 10.7. The van der Waals surface area contributed by atoms with E-state index in [9.17, 15) is 5.11 Å². The number of H-pyrrole nitrogens is 1. The van der Waals surface area contributed by atoms with Gasteiger partial charge in [0.15, 0.2) is 0 Å². The molecule has 6 heteroatoms. The summed E-state index contributed by atoms with van der Waals surface area (Å²) in [6, 6.07) is 14.6. The molecule has 3 heterocycles. The maximum atomic E-state index is 11.3. The quantitative estimate of drug-likeness (QED) is 0.577. The SMILES string of the molecule is CO[C@]12C[C@@H](CN3CCC(O)(c4ccc(Cl)cc4)CC3)CN(C)[C@@H]1Cc1c[nH]c3cccc2c13. The van der Waals surface area contributed by atoms with Crippen molar-refractivity contribution in [1.29, 1.82) is 0 Å². The Morgan fingerprint density at radius 3 is 2.65 bits per heavy atom. The van der Waals surface area contributed by atoms with E-state index in [4.69, 9.17) is 16.3 Å². The second-order valence-corrected chi connectivity index (χ2v) is 11.1. The molecule has 2 aliphatic heterocycles. The number of nitrogens with one attached hydrogen (secondary N) is 1. The molecule has 1 aromatic heterocycles. The molecule has 0 saturated carbocycles. The zero-order valence-electron chi connectivity index (χ0n) is 20.1. The van der Waals surface area contributed by atoms with Gasteiger partial charge in [0.2, 0.25) is 0 Å². The lowest BCUT2D eigenvalue weighted by molar-refractivity contribution is -0.130. The number of aromatic nitrogens is 1. The fourth-order valence-electron chi connectivity index (χ4n) is 7.08. The Morgan fingerprint density at radius 2 is 1.91 bits per heavy atom. The third-order valence-corrected chi connectivity index (χ3v) is 9.06. The zero-order chi connectivity index (χ0) is 23.5. The van der Waals surface area contributed by atoms with Crippen LogP contribution in [0.4, 0.5) is 0 Å². The molecule has 2 fully saturated rings. The number of benzene rings is 2. The van der Waals surface area contributed by atoms with Crippen molar-refractivity contribution >= 4 is 22.5 Å². The number of aliphatic hydroxyl groups is 1. The van der Waals surface area contributed by atoms with Crippen LogP contribution in [0.1, 0.15) is 36.0 Å². The summed E-state index contributed by atoms with van der Waals surface area (Å²) in [5.41, 5.74) is 3.90. The number of hydrogen-bond acceptors (Lipinski definition) is 4. The first kappa shape index (κ1) is 22.6. The highest BCUT2D eigenvalue weighted by molar-refractivity contribution is 6.30. The molecule has 0 bridgehead atoms. The summed E-state index contributed by atoms with van der Waals surface area (Å²) in [5.74, 6) is 0.513. The van der Waals surface area contributed by atoms with E-state index in [2.05, 4.69) is 46.2 Å². The second kappa shape index (κ2) is 8.35. The number of aromatic amines is 1. The van der Waals surface area contributed by atoms with Crippen LogP contribution in [0.25, 0.3) is 10.9 Å². The molecule has 2 saturated heterocycles. The first-order valence-corrected chi connectivity index (χ1v) is 12.9. The first-order chi connectivity index (χ1) is 16.4. The summed E-state index contributed by atoms with van der Waals surface area (Å²) < 4.78 is 6.46. The Bertz CT molecular complexity index is 1180. The number of rotatable bonds is 4. The van der Waals surface area contributed by atoms with Gasteiger partial charge in [-0.1, -0.05) is 35.9 Å². The van der Waals surface area contributed by atoms with E-state index < -0.39 is 5.60 Å². The Hall–Kier alpha value is -1.89. The van der Waals surface area contributed by atoms with Crippen molar-refractivity contribution in [3.63, 3.8) is 0 Å². The number of piperidine rings is 2. The van der Waals surface area contributed by atoms with E-state index in [1.165, 1.54) is 22.0 Å².